The molecule has 1 N–H and O–H groups in total. The van der Waals surface area contributed by atoms with Crippen LogP contribution in [0.3, 0.4) is 0 Å². The Morgan fingerprint density at radius 2 is 2.22 bits per heavy atom. The molecular formula is C14H18ClNO2. The highest BCUT2D eigenvalue weighted by Crippen LogP contribution is 2.36. The third-order valence-electron chi connectivity index (χ3n) is 2.38. The predicted octanol–water partition coefficient (Wildman–Crippen LogP) is 2.86. The molecule has 0 unspecified atom stereocenters. The first kappa shape index (κ1) is 14.7. The minimum Gasteiger partial charge on any atom is -0.493 e. The minimum atomic E-state index is 0.533. The molecule has 0 amide bonds. The number of methoxy groups -OCH3 is 1. The van der Waals surface area contributed by atoms with E-state index in [9.17, 15) is 0 Å². The van der Waals surface area contributed by atoms with Crippen LogP contribution in [0.2, 0.25) is 5.02 Å². The fourth-order valence-corrected chi connectivity index (χ4v) is 1.86. The number of benzene rings is 1. The van der Waals surface area contributed by atoms with Gasteiger partial charge in [-0.25, -0.2) is 0 Å². The molecule has 0 heterocycles. The fraction of sp³-hybridized carbons (Fsp3) is 0.429. The van der Waals surface area contributed by atoms with E-state index in [2.05, 4.69) is 11.2 Å². The van der Waals surface area contributed by atoms with Crippen LogP contribution in [0.15, 0.2) is 12.1 Å². The third kappa shape index (κ3) is 4.14. The van der Waals surface area contributed by atoms with Crippen molar-refractivity contribution in [1.82, 2.24) is 5.32 Å². The van der Waals surface area contributed by atoms with Gasteiger partial charge in [0, 0.05) is 13.0 Å². The first-order valence-corrected chi connectivity index (χ1v) is 6.18. The van der Waals surface area contributed by atoms with Crippen LogP contribution in [0.1, 0.15) is 18.4 Å². The van der Waals surface area contributed by atoms with Crippen molar-refractivity contribution < 1.29 is 9.47 Å². The number of rotatable bonds is 7. The molecule has 0 aromatic heterocycles. The van der Waals surface area contributed by atoms with Crippen LogP contribution in [-0.2, 0) is 6.54 Å². The first-order chi connectivity index (χ1) is 8.72. The van der Waals surface area contributed by atoms with Crippen molar-refractivity contribution in [2.75, 3.05) is 20.8 Å². The predicted molar refractivity (Wildman–Crippen MR) is 74.3 cm³/mol. The molecule has 0 saturated carbocycles. The zero-order valence-electron chi connectivity index (χ0n) is 10.8. The monoisotopic (exact) mass is 267 g/mol. The van der Waals surface area contributed by atoms with E-state index in [-0.39, 0.29) is 0 Å². The number of hydrogen-bond acceptors (Lipinski definition) is 3. The maximum Gasteiger partial charge on any atom is 0.179 e. The molecule has 0 saturated heterocycles. The van der Waals surface area contributed by atoms with Gasteiger partial charge in [-0.2, -0.15) is 0 Å². The van der Waals surface area contributed by atoms with Crippen molar-refractivity contribution in [3.63, 3.8) is 0 Å². The molecule has 98 valence electrons. The van der Waals surface area contributed by atoms with Crippen LogP contribution in [0.5, 0.6) is 11.5 Å². The SMILES string of the molecule is C#CCCCOc1c(Cl)cc(CNC)cc1OC. The largest absolute Gasteiger partial charge is 0.493 e. The molecular weight excluding hydrogens is 250 g/mol. The number of terminal acetylenes is 1. The van der Waals surface area contributed by atoms with Crippen molar-refractivity contribution in [3.05, 3.63) is 22.7 Å². The highest BCUT2D eigenvalue weighted by atomic mass is 35.5. The van der Waals surface area contributed by atoms with Gasteiger partial charge in [0.25, 0.3) is 0 Å². The summed E-state index contributed by atoms with van der Waals surface area (Å²) in [4.78, 5) is 0. The Bertz CT molecular complexity index is 427. The second-order valence-electron chi connectivity index (χ2n) is 3.80. The summed E-state index contributed by atoms with van der Waals surface area (Å²) in [5.41, 5.74) is 1.05. The molecule has 0 fully saturated rings. The van der Waals surface area contributed by atoms with Gasteiger partial charge in [0.05, 0.1) is 18.7 Å². The van der Waals surface area contributed by atoms with E-state index >= 15 is 0 Å². The second-order valence-corrected chi connectivity index (χ2v) is 4.20. The highest BCUT2D eigenvalue weighted by Gasteiger charge is 2.11. The van der Waals surface area contributed by atoms with Crippen LogP contribution in [0, 0.1) is 12.3 Å². The fourth-order valence-electron chi connectivity index (χ4n) is 1.57. The van der Waals surface area contributed by atoms with Gasteiger partial charge >= 0.3 is 0 Å². The average Bonchev–Trinajstić information content (AvgIpc) is 2.36. The lowest BCUT2D eigenvalue weighted by Crippen LogP contribution is -2.06. The average molecular weight is 268 g/mol. The van der Waals surface area contributed by atoms with Gasteiger partial charge in [-0.15, -0.1) is 12.3 Å². The Labute approximate surface area is 113 Å². The smallest absolute Gasteiger partial charge is 0.179 e. The Morgan fingerprint density at radius 3 is 2.83 bits per heavy atom. The van der Waals surface area contributed by atoms with Gasteiger partial charge in [0.1, 0.15) is 0 Å². The van der Waals surface area contributed by atoms with E-state index in [0.29, 0.717) is 29.5 Å². The van der Waals surface area contributed by atoms with E-state index < -0.39 is 0 Å². The van der Waals surface area contributed by atoms with Gasteiger partial charge in [-0.05, 0) is 31.2 Å². The molecule has 0 spiro atoms. The normalized spacial score (nSPS) is 9.89. The molecule has 1 aromatic carbocycles. The zero-order valence-corrected chi connectivity index (χ0v) is 11.5. The summed E-state index contributed by atoms with van der Waals surface area (Å²) in [6, 6.07) is 3.79. The van der Waals surface area contributed by atoms with E-state index in [0.717, 1.165) is 18.5 Å². The van der Waals surface area contributed by atoms with Gasteiger partial charge in [0.2, 0.25) is 0 Å². The van der Waals surface area contributed by atoms with Crippen LogP contribution in [0.25, 0.3) is 0 Å². The van der Waals surface area contributed by atoms with Crippen LogP contribution in [0.4, 0.5) is 0 Å². The summed E-state index contributed by atoms with van der Waals surface area (Å²) in [7, 11) is 3.48. The van der Waals surface area contributed by atoms with Crippen molar-refractivity contribution >= 4 is 11.6 Å². The van der Waals surface area contributed by atoms with Gasteiger partial charge in [-0.3, -0.25) is 0 Å². The first-order valence-electron chi connectivity index (χ1n) is 5.80. The molecule has 0 aliphatic heterocycles. The minimum absolute atomic E-state index is 0.533. The van der Waals surface area contributed by atoms with Crippen LogP contribution >= 0.6 is 11.6 Å². The molecule has 0 bridgehead atoms. The van der Waals surface area contributed by atoms with Gasteiger partial charge < -0.3 is 14.8 Å². The van der Waals surface area contributed by atoms with Crippen molar-refractivity contribution in [3.8, 4) is 23.8 Å². The van der Waals surface area contributed by atoms with Crippen molar-refractivity contribution in [2.45, 2.75) is 19.4 Å². The number of hydrogen-bond donors (Lipinski definition) is 1. The van der Waals surface area contributed by atoms with Crippen molar-refractivity contribution in [1.29, 1.82) is 0 Å². The lowest BCUT2D eigenvalue weighted by atomic mass is 10.2. The molecule has 4 heteroatoms. The third-order valence-corrected chi connectivity index (χ3v) is 2.66. The lowest BCUT2D eigenvalue weighted by molar-refractivity contribution is 0.291. The summed E-state index contributed by atoms with van der Waals surface area (Å²) >= 11 is 6.19. The lowest BCUT2D eigenvalue weighted by Gasteiger charge is -2.13. The van der Waals surface area contributed by atoms with Gasteiger partial charge in [-0.1, -0.05) is 11.6 Å². The maximum atomic E-state index is 6.19. The number of nitrogens with one attached hydrogen (secondary N) is 1. The van der Waals surface area contributed by atoms with E-state index in [1.54, 1.807) is 7.11 Å². The maximum absolute atomic E-state index is 6.19. The number of ether oxygens (including phenoxy) is 2. The standard InChI is InChI=1S/C14H18ClNO2/c1-4-5-6-7-18-14-12(15)8-11(10-16-2)9-13(14)17-3/h1,8-9,16H,5-7,10H2,2-3H3. The molecule has 1 aromatic rings. The Hall–Kier alpha value is -1.37. The molecule has 3 nitrogen and oxygen atoms in total. The summed E-state index contributed by atoms with van der Waals surface area (Å²) in [6.07, 6.45) is 6.68. The number of halogens is 1. The Kier molecular flexibility index (Phi) is 6.42. The molecule has 18 heavy (non-hydrogen) atoms. The van der Waals surface area contributed by atoms with E-state index in [1.807, 2.05) is 19.2 Å². The zero-order chi connectivity index (χ0) is 13.4. The molecule has 0 atom stereocenters. The highest BCUT2D eigenvalue weighted by molar-refractivity contribution is 6.32. The quantitative estimate of drug-likeness (QED) is 0.609. The summed E-state index contributed by atoms with van der Waals surface area (Å²) in [6.45, 7) is 1.26. The Morgan fingerprint density at radius 1 is 1.44 bits per heavy atom. The summed E-state index contributed by atoms with van der Waals surface area (Å²) in [5, 5.41) is 3.62. The van der Waals surface area contributed by atoms with Crippen molar-refractivity contribution in [2.24, 2.45) is 0 Å². The second kappa shape index (κ2) is 7.86. The molecule has 0 aliphatic rings. The van der Waals surface area contributed by atoms with Crippen LogP contribution < -0.4 is 14.8 Å². The molecule has 1 rings (SSSR count). The van der Waals surface area contributed by atoms with Crippen LogP contribution in [-0.4, -0.2) is 20.8 Å². The van der Waals surface area contributed by atoms with E-state index in [4.69, 9.17) is 27.5 Å². The van der Waals surface area contributed by atoms with E-state index in [1.165, 1.54) is 0 Å². The van der Waals surface area contributed by atoms with Gasteiger partial charge in [0.15, 0.2) is 11.5 Å². The Balaban J connectivity index is 2.80. The molecule has 0 aliphatic carbocycles. The molecule has 0 radical (unpaired) electrons. The summed E-state index contributed by atoms with van der Waals surface area (Å²) in [5.74, 6) is 3.80. The topological polar surface area (TPSA) is 30.5 Å². The number of unbranched alkanes of at least 4 members (excludes halogenated alkanes) is 1. The summed E-state index contributed by atoms with van der Waals surface area (Å²) < 4.78 is 10.9.